The van der Waals surface area contributed by atoms with Gasteiger partial charge in [0.1, 0.15) is 5.75 Å². The average Bonchev–Trinajstić information content (AvgIpc) is 3.20. The van der Waals surface area contributed by atoms with Crippen LogP contribution in [0.1, 0.15) is 24.3 Å². The van der Waals surface area contributed by atoms with Gasteiger partial charge < -0.3 is 19.1 Å². The molecular weight excluding hydrogens is 411 g/mol. The van der Waals surface area contributed by atoms with E-state index in [1.165, 1.54) is 17.7 Å². The molecule has 0 spiro atoms. The van der Waals surface area contributed by atoms with Crippen LogP contribution in [0.2, 0.25) is 0 Å². The predicted molar refractivity (Wildman–Crippen MR) is 120 cm³/mol. The summed E-state index contributed by atoms with van der Waals surface area (Å²) in [5.41, 5.74) is 2.63. The molecule has 3 heterocycles. The van der Waals surface area contributed by atoms with Gasteiger partial charge in [-0.15, -0.1) is 24.8 Å². The second-order valence-corrected chi connectivity index (χ2v) is 7.53. The van der Waals surface area contributed by atoms with E-state index in [2.05, 4.69) is 46.2 Å². The summed E-state index contributed by atoms with van der Waals surface area (Å²) in [7, 11) is 0. The summed E-state index contributed by atoms with van der Waals surface area (Å²) in [5, 5.41) is 0. The first-order valence-corrected chi connectivity index (χ1v) is 9.95. The number of nitrogens with zero attached hydrogens (tertiary/aromatic N) is 2. The van der Waals surface area contributed by atoms with Crippen LogP contribution in [0, 0.1) is 0 Å². The zero-order chi connectivity index (χ0) is 18.1. The van der Waals surface area contributed by atoms with Gasteiger partial charge in [-0.1, -0.05) is 18.2 Å². The van der Waals surface area contributed by atoms with Crippen molar-refractivity contribution < 1.29 is 14.2 Å². The van der Waals surface area contributed by atoms with Gasteiger partial charge in [-0.3, -0.25) is 4.90 Å². The van der Waals surface area contributed by atoms with Gasteiger partial charge >= 0.3 is 0 Å². The van der Waals surface area contributed by atoms with Crippen molar-refractivity contribution in [1.82, 2.24) is 4.90 Å². The van der Waals surface area contributed by atoms with Gasteiger partial charge in [0.2, 0.25) is 6.79 Å². The Morgan fingerprint density at radius 3 is 2.48 bits per heavy atom. The largest absolute Gasteiger partial charge is 0.493 e. The number of rotatable bonds is 4. The second-order valence-electron chi connectivity index (χ2n) is 7.53. The minimum Gasteiger partial charge on any atom is -0.493 e. The van der Waals surface area contributed by atoms with E-state index in [0.29, 0.717) is 12.7 Å². The van der Waals surface area contributed by atoms with E-state index in [9.17, 15) is 0 Å². The van der Waals surface area contributed by atoms with Crippen LogP contribution in [-0.2, 0) is 0 Å². The molecule has 2 aromatic rings. The summed E-state index contributed by atoms with van der Waals surface area (Å²) in [6.07, 6.45) is 2.35. The lowest BCUT2D eigenvalue weighted by molar-refractivity contribution is 0.174. The monoisotopic (exact) mass is 438 g/mol. The molecule has 3 aliphatic heterocycles. The van der Waals surface area contributed by atoms with Crippen LogP contribution in [0.4, 0.5) is 5.69 Å². The summed E-state index contributed by atoms with van der Waals surface area (Å²) in [4.78, 5) is 5.05. The standard InChI is InChI=1S/C22H26N2O3.2ClH/c1-2-4-20-19(3-1)17(8-14-25-20)7-9-23-10-12-24(13-11-23)18-5-6-21-22(15-18)27-16-26-21;;/h1-6,15,17H,7-14,16H2;2*1H. The van der Waals surface area contributed by atoms with Crippen molar-refractivity contribution in [3.8, 4) is 17.2 Å². The maximum Gasteiger partial charge on any atom is 0.231 e. The highest BCUT2D eigenvalue weighted by molar-refractivity contribution is 5.85. The number of fused-ring (bicyclic) bond motifs is 2. The van der Waals surface area contributed by atoms with Crippen LogP contribution in [0.3, 0.4) is 0 Å². The molecule has 3 aliphatic rings. The third-order valence-electron chi connectivity index (χ3n) is 5.97. The van der Waals surface area contributed by atoms with Crippen molar-refractivity contribution in [2.75, 3.05) is 51.0 Å². The Kier molecular flexibility index (Phi) is 7.38. The van der Waals surface area contributed by atoms with Crippen molar-refractivity contribution in [2.45, 2.75) is 18.8 Å². The van der Waals surface area contributed by atoms with E-state index >= 15 is 0 Å². The lowest BCUT2D eigenvalue weighted by Crippen LogP contribution is -2.46. The molecule has 0 aromatic heterocycles. The van der Waals surface area contributed by atoms with E-state index in [-0.39, 0.29) is 24.8 Å². The Hall–Kier alpha value is -1.82. The highest BCUT2D eigenvalue weighted by Crippen LogP contribution is 2.37. The van der Waals surface area contributed by atoms with Gasteiger partial charge in [-0.25, -0.2) is 0 Å². The van der Waals surface area contributed by atoms with E-state index in [1.54, 1.807) is 0 Å². The number of para-hydroxylation sites is 1. The summed E-state index contributed by atoms with van der Waals surface area (Å²) in [6.45, 7) is 6.68. The molecule has 1 saturated heterocycles. The average molecular weight is 439 g/mol. The van der Waals surface area contributed by atoms with Crippen LogP contribution in [0.5, 0.6) is 17.2 Å². The van der Waals surface area contributed by atoms with Gasteiger partial charge in [-0.2, -0.15) is 0 Å². The molecule has 1 unspecified atom stereocenters. The summed E-state index contributed by atoms with van der Waals surface area (Å²) in [5.74, 6) is 3.44. The van der Waals surface area contributed by atoms with Gasteiger partial charge in [-0.05, 0) is 49.1 Å². The van der Waals surface area contributed by atoms with E-state index in [0.717, 1.165) is 63.0 Å². The van der Waals surface area contributed by atoms with E-state index < -0.39 is 0 Å². The maximum absolute atomic E-state index is 5.80. The Morgan fingerprint density at radius 1 is 0.828 bits per heavy atom. The summed E-state index contributed by atoms with van der Waals surface area (Å²) >= 11 is 0. The van der Waals surface area contributed by atoms with Crippen LogP contribution in [0.25, 0.3) is 0 Å². The van der Waals surface area contributed by atoms with Crippen LogP contribution < -0.4 is 19.1 Å². The van der Waals surface area contributed by atoms with Gasteiger partial charge in [0.05, 0.1) is 6.61 Å². The molecule has 0 radical (unpaired) electrons. The minimum atomic E-state index is 0. The number of hydrogen-bond donors (Lipinski definition) is 0. The molecule has 0 N–H and O–H groups in total. The number of benzene rings is 2. The lowest BCUT2D eigenvalue weighted by Gasteiger charge is -2.37. The summed E-state index contributed by atoms with van der Waals surface area (Å²) < 4.78 is 16.7. The second kappa shape index (κ2) is 9.79. The Labute approximate surface area is 184 Å². The predicted octanol–water partition coefficient (Wildman–Crippen LogP) is 4.34. The number of piperazine rings is 1. The SMILES string of the molecule is Cl.Cl.c1ccc2c(c1)OCCC2CCN1CCN(c2ccc3c(c2)OCO3)CC1. The van der Waals surface area contributed by atoms with Crippen molar-refractivity contribution in [2.24, 2.45) is 0 Å². The van der Waals surface area contributed by atoms with Crippen molar-refractivity contribution in [3.05, 3.63) is 48.0 Å². The molecule has 7 heteroatoms. The molecule has 0 amide bonds. The molecule has 0 aliphatic carbocycles. The van der Waals surface area contributed by atoms with Crippen LogP contribution in [0.15, 0.2) is 42.5 Å². The number of ether oxygens (including phenoxy) is 3. The smallest absolute Gasteiger partial charge is 0.231 e. The molecule has 1 atom stereocenters. The zero-order valence-corrected chi connectivity index (χ0v) is 18.1. The quantitative estimate of drug-likeness (QED) is 0.708. The van der Waals surface area contributed by atoms with Crippen LogP contribution in [-0.4, -0.2) is 51.0 Å². The molecule has 5 rings (SSSR count). The molecule has 158 valence electrons. The highest BCUT2D eigenvalue weighted by atomic mass is 35.5. The van der Waals surface area contributed by atoms with Gasteiger partial charge in [0, 0.05) is 37.9 Å². The zero-order valence-electron chi connectivity index (χ0n) is 16.4. The fourth-order valence-electron chi connectivity index (χ4n) is 4.37. The van der Waals surface area contributed by atoms with Gasteiger partial charge in [0.25, 0.3) is 0 Å². The van der Waals surface area contributed by atoms with Gasteiger partial charge in [0.15, 0.2) is 11.5 Å². The van der Waals surface area contributed by atoms with Crippen LogP contribution >= 0.6 is 24.8 Å². The molecule has 0 bridgehead atoms. The fourth-order valence-corrected chi connectivity index (χ4v) is 4.37. The minimum absolute atomic E-state index is 0. The summed E-state index contributed by atoms with van der Waals surface area (Å²) in [6, 6.07) is 14.8. The number of anilines is 1. The lowest BCUT2D eigenvalue weighted by atomic mass is 9.90. The topological polar surface area (TPSA) is 34.2 Å². The van der Waals surface area contributed by atoms with E-state index in [4.69, 9.17) is 14.2 Å². The van der Waals surface area contributed by atoms with E-state index in [1.807, 2.05) is 6.07 Å². The molecule has 2 aromatic carbocycles. The first-order chi connectivity index (χ1) is 13.4. The Bertz CT molecular complexity index is 812. The Morgan fingerprint density at radius 2 is 1.62 bits per heavy atom. The third kappa shape index (κ3) is 4.68. The fraction of sp³-hybridized carbons (Fsp3) is 0.455. The maximum atomic E-state index is 5.80. The van der Waals surface area contributed by atoms with Crippen molar-refractivity contribution in [3.63, 3.8) is 0 Å². The third-order valence-corrected chi connectivity index (χ3v) is 5.97. The van der Waals surface area contributed by atoms with Crippen molar-refractivity contribution in [1.29, 1.82) is 0 Å². The molecule has 1 fully saturated rings. The molecule has 5 nitrogen and oxygen atoms in total. The molecule has 29 heavy (non-hydrogen) atoms. The molecular formula is C22H28Cl2N2O3. The first-order valence-electron chi connectivity index (χ1n) is 9.95. The highest BCUT2D eigenvalue weighted by Gasteiger charge is 2.24. The number of hydrogen-bond acceptors (Lipinski definition) is 5. The normalized spacial score (nSPS) is 20.1. The molecule has 0 saturated carbocycles. The Balaban J connectivity index is 0.00000120. The first kappa shape index (κ1) is 21.9. The number of halogens is 2. The van der Waals surface area contributed by atoms with Crippen molar-refractivity contribution >= 4 is 30.5 Å².